The number of rotatable bonds is 5. The second-order valence-electron chi connectivity index (χ2n) is 5.29. The van der Waals surface area contributed by atoms with E-state index >= 15 is 0 Å². The number of fused-ring (bicyclic) bond motifs is 1. The highest BCUT2D eigenvalue weighted by Crippen LogP contribution is 2.29. The number of carbonyl (C=O) groups excluding carboxylic acids is 1. The van der Waals surface area contributed by atoms with Crippen molar-refractivity contribution in [1.29, 1.82) is 0 Å². The second kappa shape index (κ2) is 6.51. The molecule has 122 valence electrons. The molecule has 2 aromatic rings. The lowest BCUT2D eigenvalue weighted by atomic mass is 9.96. The fourth-order valence-electron chi connectivity index (χ4n) is 2.57. The summed E-state index contributed by atoms with van der Waals surface area (Å²) in [7, 11) is -3.81. The van der Waals surface area contributed by atoms with Crippen molar-refractivity contribution in [3.05, 3.63) is 53.4 Å². The molecule has 1 aliphatic rings. The molecule has 0 saturated carbocycles. The third-order valence-electron chi connectivity index (χ3n) is 3.56. The second-order valence-corrected chi connectivity index (χ2v) is 7.01. The number of carbonyl (C=O) groups is 1. The Hall–Kier alpha value is -2.19. The van der Waals surface area contributed by atoms with Crippen molar-refractivity contribution in [1.82, 2.24) is 9.88 Å². The van der Waals surface area contributed by atoms with Gasteiger partial charge in [0.25, 0.3) is 0 Å². The summed E-state index contributed by atoms with van der Waals surface area (Å²) in [4.78, 5) is 12.1. The SMILES string of the molecule is O=C(CC1OCCc2ccccc21)NS(=O)(=O)Cc1ccon1. The van der Waals surface area contributed by atoms with E-state index in [1.807, 2.05) is 29.0 Å². The van der Waals surface area contributed by atoms with Crippen LogP contribution in [0.5, 0.6) is 0 Å². The fourth-order valence-corrected chi connectivity index (χ4v) is 3.61. The van der Waals surface area contributed by atoms with Crippen molar-refractivity contribution in [2.75, 3.05) is 6.61 Å². The Kier molecular flexibility index (Phi) is 4.44. The third-order valence-corrected chi connectivity index (χ3v) is 4.78. The fraction of sp³-hybridized carbons (Fsp3) is 0.333. The molecule has 0 spiro atoms. The van der Waals surface area contributed by atoms with E-state index in [0.29, 0.717) is 6.61 Å². The minimum atomic E-state index is -3.81. The minimum Gasteiger partial charge on any atom is -0.373 e. The zero-order valence-corrected chi connectivity index (χ0v) is 13.1. The first kappa shape index (κ1) is 15.7. The van der Waals surface area contributed by atoms with Gasteiger partial charge in [-0.15, -0.1) is 0 Å². The molecule has 8 heteroatoms. The molecule has 7 nitrogen and oxygen atoms in total. The first-order valence-corrected chi connectivity index (χ1v) is 8.81. The van der Waals surface area contributed by atoms with Gasteiger partial charge in [0.1, 0.15) is 17.7 Å². The van der Waals surface area contributed by atoms with E-state index in [4.69, 9.17) is 4.74 Å². The zero-order chi connectivity index (χ0) is 16.3. The van der Waals surface area contributed by atoms with Crippen LogP contribution < -0.4 is 4.72 Å². The summed E-state index contributed by atoms with van der Waals surface area (Å²) >= 11 is 0. The van der Waals surface area contributed by atoms with Crippen molar-refractivity contribution < 1.29 is 22.5 Å². The van der Waals surface area contributed by atoms with Gasteiger partial charge in [-0.25, -0.2) is 8.42 Å². The van der Waals surface area contributed by atoms with Crippen LogP contribution in [-0.4, -0.2) is 26.1 Å². The van der Waals surface area contributed by atoms with Gasteiger partial charge < -0.3 is 9.26 Å². The minimum absolute atomic E-state index is 0.0466. The molecule has 1 amide bonds. The number of nitrogens with zero attached hydrogens (tertiary/aromatic N) is 1. The van der Waals surface area contributed by atoms with Crippen LogP contribution in [0, 0.1) is 0 Å². The molecule has 1 unspecified atom stereocenters. The number of nitrogens with one attached hydrogen (secondary N) is 1. The lowest BCUT2D eigenvalue weighted by molar-refractivity contribution is -0.122. The van der Waals surface area contributed by atoms with E-state index in [9.17, 15) is 13.2 Å². The highest BCUT2D eigenvalue weighted by atomic mass is 32.2. The zero-order valence-electron chi connectivity index (χ0n) is 12.3. The van der Waals surface area contributed by atoms with Gasteiger partial charge in [-0.2, -0.15) is 0 Å². The van der Waals surface area contributed by atoms with Gasteiger partial charge in [0.05, 0.1) is 19.1 Å². The van der Waals surface area contributed by atoms with Crippen molar-refractivity contribution in [3.63, 3.8) is 0 Å². The summed E-state index contributed by atoms with van der Waals surface area (Å²) in [6, 6.07) is 9.13. The Morgan fingerprint density at radius 3 is 2.91 bits per heavy atom. The molecule has 0 saturated heterocycles. The van der Waals surface area contributed by atoms with Gasteiger partial charge in [-0.05, 0) is 17.5 Å². The van der Waals surface area contributed by atoms with Crippen LogP contribution in [0.3, 0.4) is 0 Å². The summed E-state index contributed by atoms with van der Waals surface area (Å²) in [5.74, 6) is -1.01. The van der Waals surface area contributed by atoms with Crippen molar-refractivity contribution in [2.45, 2.75) is 24.7 Å². The van der Waals surface area contributed by atoms with Crippen LogP contribution in [0.2, 0.25) is 0 Å². The van der Waals surface area contributed by atoms with Gasteiger partial charge >= 0.3 is 0 Å². The smallest absolute Gasteiger partial charge is 0.240 e. The summed E-state index contributed by atoms with van der Waals surface area (Å²) in [6.45, 7) is 0.515. The first-order chi connectivity index (χ1) is 11.0. The normalized spacial score (nSPS) is 17.5. The highest BCUT2D eigenvalue weighted by molar-refractivity contribution is 7.89. The molecule has 3 rings (SSSR count). The Balaban J connectivity index is 1.64. The summed E-state index contributed by atoms with van der Waals surface area (Å²) in [6.07, 6.45) is 1.59. The number of ether oxygens (including phenoxy) is 1. The molecule has 23 heavy (non-hydrogen) atoms. The molecule has 0 fully saturated rings. The molecule has 0 aliphatic carbocycles. The Labute approximate surface area is 133 Å². The molecule has 2 heterocycles. The largest absolute Gasteiger partial charge is 0.373 e. The number of sulfonamides is 1. The van der Waals surface area contributed by atoms with Gasteiger partial charge in [0, 0.05) is 6.07 Å². The monoisotopic (exact) mass is 336 g/mol. The van der Waals surface area contributed by atoms with Gasteiger partial charge in [0.2, 0.25) is 15.9 Å². The lowest BCUT2D eigenvalue weighted by Gasteiger charge is -2.25. The van der Waals surface area contributed by atoms with E-state index in [1.165, 1.54) is 12.3 Å². The number of aromatic nitrogens is 1. The standard InChI is InChI=1S/C15H16N2O5S/c18-15(17-23(19,20)10-12-6-8-22-16-12)9-14-13-4-2-1-3-11(13)5-7-21-14/h1-4,6,8,14H,5,7,9-10H2,(H,17,18). The average molecular weight is 336 g/mol. The van der Waals surface area contributed by atoms with Crippen LogP contribution in [-0.2, 0) is 31.7 Å². The highest BCUT2D eigenvalue weighted by Gasteiger charge is 2.25. The quantitative estimate of drug-likeness (QED) is 0.884. The Bertz CT molecular complexity index is 786. The van der Waals surface area contributed by atoms with Gasteiger partial charge in [0.15, 0.2) is 0 Å². The van der Waals surface area contributed by atoms with Crippen LogP contribution in [0.1, 0.15) is 29.3 Å². The van der Waals surface area contributed by atoms with Crippen LogP contribution >= 0.6 is 0 Å². The number of hydrogen-bond acceptors (Lipinski definition) is 6. The topological polar surface area (TPSA) is 98.5 Å². The number of hydrogen-bond donors (Lipinski definition) is 1. The summed E-state index contributed by atoms with van der Waals surface area (Å²) in [5.41, 5.74) is 2.30. The van der Waals surface area contributed by atoms with Crippen molar-refractivity contribution in [3.8, 4) is 0 Å². The molecule has 0 bridgehead atoms. The summed E-state index contributed by atoms with van der Waals surface area (Å²) < 4.78 is 36.1. The van der Waals surface area contributed by atoms with Gasteiger partial charge in [-0.1, -0.05) is 29.4 Å². The van der Waals surface area contributed by atoms with E-state index in [0.717, 1.165) is 17.5 Å². The molecule has 1 aliphatic heterocycles. The maximum Gasteiger partial charge on any atom is 0.240 e. The predicted molar refractivity (Wildman–Crippen MR) is 80.7 cm³/mol. The molecule has 1 atom stereocenters. The van der Waals surface area contributed by atoms with E-state index in [2.05, 4.69) is 9.68 Å². The number of amides is 1. The van der Waals surface area contributed by atoms with Crippen LogP contribution in [0.4, 0.5) is 0 Å². The van der Waals surface area contributed by atoms with Crippen LogP contribution in [0.15, 0.2) is 41.1 Å². The Morgan fingerprint density at radius 2 is 2.13 bits per heavy atom. The Morgan fingerprint density at radius 1 is 1.30 bits per heavy atom. The third kappa shape index (κ3) is 3.96. The molecule has 1 aromatic carbocycles. The van der Waals surface area contributed by atoms with Crippen molar-refractivity contribution in [2.24, 2.45) is 0 Å². The molecule has 1 N–H and O–H groups in total. The maximum atomic E-state index is 12.1. The van der Waals surface area contributed by atoms with E-state index in [-0.39, 0.29) is 12.1 Å². The molecular formula is C15H16N2O5S. The predicted octanol–water partition coefficient (Wildman–Crippen LogP) is 1.32. The lowest BCUT2D eigenvalue weighted by Crippen LogP contribution is -2.33. The molecular weight excluding hydrogens is 320 g/mol. The average Bonchev–Trinajstić information content (AvgIpc) is 2.99. The molecule has 1 aromatic heterocycles. The van der Waals surface area contributed by atoms with Gasteiger partial charge in [-0.3, -0.25) is 9.52 Å². The number of benzene rings is 1. The maximum absolute atomic E-state index is 12.1. The van der Waals surface area contributed by atoms with Crippen LogP contribution in [0.25, 0.3) is 0 Å². The van der Waals surface area contributed by atoms with E-state index < -0.39 is 27.8 Å². The van der Waals surface area contributed by atoms with E-state index in [1.54, 1.807) is 0 Å². The van der Waals surface area contributed by atoms with Crippen molar-refractivity contribution >= 4 is 15.9 Å². The summed E-state index contributed by atoms with van der Waals surface area (Å²) in [5, 5.41) is 3.52. The first-order valence-electron chi connectivity index (χ1n) is 7.15. The molecule has 0 radical (unpaired) electrons.